The molecule has 0 aliphatic carbocycles. The van der Waals surface area contributed by atoms with Crippen molar-refractivity contribution in [2.75, 3.05) is 10.6 Å². The summed E-state index contributed by atoms with van der Waals surface area (Å²) in [6.45, 7) is -0.290. The molecule has 28 heteroatoms. The first-order chi connectivity index (χ1) is 33.8. The van der Waals surface area contributed by atoms with Gasteiger partial charge in [-0.1, -0.05) is 60.7 Å². The Hall–Kier alpha value is -8.07. The number of allylic oxidation sites excluding steroid dienone is 1. The number of nitrogens with one attached hydrogen (secondary N) is 2. The Kier molecular flexibility index (Phi) is 16.3. The molecule has 390 valence electrons. The van der Waals surface area contributed by atoms with Crippen LogP contribution in [0.1, 0.15) is 31.8 Å². The number of carbonyl (C=O) groups excluding carboxylic acids is 4. The summed E-state index contributed by atoms with van der Waals surface area (Å²) in [5.74, 6) is -61.6. The minimum atomic E-state index is -8.83. The van der Waals surface area contributed by atoms with Crippen molar-refractivity contribution in [2.24, 2.45) is 0 Å². The van der Waals surface area contributed by atoms with E-state index >= 15 is 0 Å². The van der Waals surface area contributed by atoms with Crippen molar-refractivity contribution in [2.45, 2.75) is 54.9 Å². The van der Waals surface area contributed by atoms with Crippen LogP contribution in [0.3, 0.4) is 0 Å². The topological polar surface area (TPSA) is 138 Å². The van der Waals surface area contributed by atoms with Gasteiger partial charge < -0.3 is 23.7 Å². The average Bonchev–Trinajstić information content (AvgIpc) is 3.33. The summed E-state index contributed by atoms with van der Waals surface area (Å²) in [5.41, 5.74) is -0.812. The Balaban J connectivity index is 1.41. The molecule has 0 aliphatic rings. The molecule has 2 N–H and O–H groups in total. The highest BCUT2D eigenvalue weighted by Crippen LogP contribution is 2.63. The quantitative estimate of drug-likeness (QED) is 0.0380. The number of halogens is 17. The summed E-state index contributed by atoms with van der Waals surface area (Å²) in [6, 6.07) is 22.2. The number of amides is 2. The Bertz CT molecular complexity index is 2680. The molecule has 0 atom stereocenters. The molecule has 5 rings (SSSR count). The van der Waals surface area contributed by atoms with Gasteiger partial charge in [0.2, 0.25) is 5.83 Å². The van der Waals surface area contributed by atoms with E-state index in [4.69, 9.17) is 18.9 Å². The number of anilines is 2. The van der Waals surface area contributed by atoms with Crippen molar-refractivity contribution < 1.29 is 117 Å². The lowest BCUT2D eigenvalue weighted by atomic mass is 9.91. The summed E-state index contributed by atoms with van der Waals surface area (Å²) < 4.78 is 260. The van der Waals surface area contributed by atoms with Crippen LogP contribution in [-0.4, -0.2) is 65.8 Å². The van der Waals surface area contributed by atoms with E-state index in [0.29, 0.717) is 17.2 Å². The van der Waals surface area contributed by atoms with Crippen LogP contribution >= 0.6 is 0 Å². The second-order valence-electron chi connectivity index (χ2n) is 14.6. The third kappa shape index (κ3) is 12.2. The van der Waals surface area contributed by atoms with Gasteiger partial charge >= 0.3 is 71.8 Å². The van der Waals surface area contributed by atoms with Gasteiger partial charge in [-0.25, -0.2) is 19.2 Å². The number of benzene rings is 5. The maximum absolute atomic E-state index is 15.0. The highest BCUT2D eigenvalue weighted by molar-refractivity contribution is 5.97. The number of ether oxygens (including phenoxy) is 5. The van der Waals surface area contributed by atoms with Crippen molar-refractivity contribution in [1.82, 2.24) is 0 Å². The minimum Gasteiger partial charge on any atom is -0.444 e. The lowest BCUT2D eigenvalue weighted by molar-refractivity contribution is -0.451. The molecule has 5 aromatic rings. The van der Waals surface area contributed by atoms with Gasteiger partial charge in [-0.2, -0.15) is 74.6 Å². The fourth-order valence-electron chi connectivity index (χ4n) is 5.57. The molecule has 0 fully saturated rings. The van der Waals surface area contributed by atoms with E-state index in [9.17, 15) is 93.8 Å². The van der Waals surface area contributed by atoms with Crippen LogP contribution < -0.4 is 24.8 Å². The standard InChI is InChI=1S/C45H27F17N2O9/c46-33(39(48,49)40(50,51)41(52,53)42(54,55)43(56,57)44(58,59)45(60,61)62)34(47)71-32-20-26(35(65)72-30-15-11-28(12-16-30)63-37(67)69-22-24-7-3-1-4-8-24)19-27(21-32)36(66)73-31-17-13-29(14-18-31)64-38(68)70-23-25-9-5-2-6-10-25/h1-21H,22-23H2,(H,63,67)(H,64,68). The lowest BCUT2D eigenvalue weighted by Crippen LogP contribution is -2.72. The van der Waals surface area contributed by atoms with Crippen LogP contribution in [0.25, 0.3) is 0 Å². The van der Waals surface area contributed by atoms with Gasteiger partial charge in [0.05, 0.1) is 11.1 Å². The molecule has 5 aromatic carbocycles. The van der Waals surface area contributed by atoms with Crippen LogP contribution in [0.15, 0.2) is 139 Å². The fraction of sp³-hybridized carbons (Fsp3) is 0.200. The number of hydrogen-bond acceptors (Lipinski definition) is 9. The zero-order chi connectivity index (χ0) is 54.4. The van der Waals surface area contributed by atoms with Gasteiger partial charge in [0.1, 0.15) is 30.5 Å². The van der Waals surface area contributed by atoms with Crippen LogP contribution in [0, 0.1) is 0 Å². The number of esters is 2. The number of rotatable bonds is 18. The van der Waals surface area contributed by atoms with Gasteiger partial charge in [-0.3, -0.25) is 10.6 Å². The third-order valence-electron chi connectivity index (χ3n) is 9.41. The molecule has 0 heterocycles. The largest absolute Gasteiger partial charge is 0.460 e. The molecular weight excluding hydrogens is 1040 g/mol. The molecule has 0 aliphatic heterocycles. The molecule has 0 radical (unpaired) electrons. The Morgan fingerprint density at radius 1 is 0.411 bits per heavy atom. The summed E-state index contributed by atoms with van der Waals surface area (Å²) >= 11 is 0. The minimum absolute atomic E-state index is 0.0335. The van der Waals surface area contributed by atoms with Crippen LogP contribution in [0.2, 0.25) is 0 Å². The van der Waals surface area contributed by atoms with Crippen molar-refractivity contribution in [3.05, 3.63) is 161 Å². The van der Waals surface area contributed by atoms with Crippen molar-refractivity contribution in [3.63, 3.8) is 0 Å². The smallest absolute Gasteiger partial charge is 0.444 e. The van der Waals surface area contributed by atoms with Gasteiger partial charge in [0.15, 0.2) is 0 Å². The summed E-state index contributed by atoms with van der Waals surface area (Å²) in [4.78, 5) is 51.0. The monoisotopic (exact) mass is 1060 g/mol. The van der Waals surface area contributed by atoms with E-state index in [2.05, 4.69) is 15.4 Å². The first kappa shape index (κ1) is 55.9. The lowest BCUT2D eigenvalue weighted by Gasteiger charge is -2.41. The van der Waals surface area contributed by atoms with Gasteiger partial charge in [-0.05, 0) is 77.9 Å². The maximum atomic E-state index is 15.0. The Morgan fingerprint density at radius 3 is 1.14 bits per heavy atom. The van der Waals surface area contributed by atoms with Gasteiger partial charge in [0, 0.05) is 11.4 Å². The first-order valence-electron chi connectivity index (χ1n) is 19.6. The van der Waals surface area contributed by atoms with E-state index in [0.717, 1.165) is 48.5 Å². The molecule has 0 unspecified atom stereocenters. The van der Waals surface area contributed by atoms with Crippen LogP contribution in [0.5, 0.6) is 17.2 Å². The van der Waals surface area contributed by atoms with Crippen molar-refractivity contribution in [1.29, 1.82) is 0 Å². The second kappa shape index (κ2) is 21.3. The molecule has 0 saturated heterocycles. The van der Waals surface area contributed by atoms with E-state index in [1.165, 1.54) is 0 Å². The SMILES string of the molecule is O=C(Nc1ccc(OC(=O)c2cc(OC(F)=C(F)C(F)(F)C(F)(F)C(F)(F)C(F)(F)C(F)(F)C(F)(F)C(F)(F)F)cc(C(=O)Oc3ccc(NC(=O)OCc4ccccc4)cc3)c2)cc1)OCc1ccccc1. The molecule has 0 spiro atoms. The first-order valence-corrected chi connectivity index (χ1v) is 19.6. The van der Waals surface area contributed by atoms with E-state index < -0.39 is 106 Å². The van der Waals surface area contributed by atoms with Gasteiger partial charge in [-0.15, -0.1) is 0 Å². The summed E-state index contributed by atoms with van der Waals surface area (Å²) in [6.07, 6.45) is -9.82. The van der Waals surface area contributed by atoms with E-state index in [-0.39, 0.29) is 36.7 Å². The highest BCUT2D eigenvalue weighted by atomic mass is 19.4. The predicted molar refractivity (Wildman–Crippen MR) is 215 cm³/mol. The molecular formula is C45H27F17N2O9. The molecule has 73 heavy (non-hydrogen) atoms. The normalized spacial score (nSPS) is 13.0. The zero-order valence-corrected chi connectivity index (χ0v) is 35.6. The maximum Gasteiger partial charge on any atom is 0.460 e. The number of alkyl halides is 15. The second-order valence-corrected chi connectivity index (χ2v) is 14.6. The summed E-state index contributed by atoms with van der Waals surface area (Å²) in [7, 11) is 0. The number of hydrogen-bond donors (Lipinski definition) is 2. The Labute approximate surface area is 397 Å². The van der Waals surface area contributed by atoms with E-state index in [1.54, 1.807) is 60.7 Å². The summed E-state index contributed by atoms with van der Waals surface area (Å²) in [5, 5.41) is 4.65. The average molecular weight is 1060 g/mol. The Morgan fingerprint density at radius 2 is 0.767 bits per heavy atom. The molecule has 0 saturated carbocycles. The van der Waals surface area contributed by atoms with Crippen LogP contribution in [-0.2, 0) is 22.7 Å². The molecule has 11 nitrogen and oxygen atoms in total. The third-order valence-corrected chi connectivity index (χ3v) is 9.41. The molecule has 0 bridgehead atoms. The fourth-order valence-corrected chi connectivity index (χ4v) is 5.57. The van der Waals surface area contributed by atoms with E-state index in [1.807, 2.05) is 0 Å². The predicted octanol–water partition coefficient (Wildman–Crippen LogP) is 13.5. The molecule has 2 amide bonds. The van der Waals surface area contributed by atoms with Crippen molar-refractivity contribution in [3.8, 4) is 17.2 Å². The highest BCUT2D eigenvalue weighted by Gasteiger charge is 2.94. The number of carbonyl (C=O) groups is 4. The molecule has 0 aromatic heterocycles. The van der Waals surface area contributed by atoms with Crippen molar-refractivity contribution >= 4 is 35.5 Å². The zero-order valence-electron chi connectivity index (χ0n) is 35.6. The van der Waals surface area contributed by atoms with Crippen LogP contribution in [0.4, 0.5) is 95.6 Å². The van der Waals surface area contributed by atoms with Gasteiger partial charge in [0.25, 0.3) is 0 Å².